The van der Waals surface area contributed by atoms with Crippen LogP contribution in [0.25, 0.3) is 0 Å². The van der Waals surface area contributed by atoms with Crippen LogP contribution in [0.3, 0.4) is 0 Å². The lowest BCUT2D eigenvalue weighted by Gasteiger charge is -2.27. The van der Waals surface area contributed by atoms with Crippen molar-refractivity contribution in [2.45, 2.75) is 32.4 Å². The average Bonchev–Trinajstić information content (AvgIpc) is 2.34. The SMILES string of the molecule is CC(Nc1cnnn1C)C(C)(C)O. The molecule has 1 aromatic heterocycles. The number of hydrogen-bond acceptors (Lipinski definition) is 4. The second kappa shape index (κ2) is 3.33. The molecule has 0 aromatic carbocycles. The molecule has 1 unspecified atom stereocenters. The van der Waals surface area contributed by atoms with Crippen LogP contribution >= 0.6 is 0 Å². The van der Waals surface area contributed by atoms with E-state index in [-0.39, 0.29) is 6.04 Å². The van der Waals surface area contributed by atoms with E-state index in [1.54, 1.807) is 31.8 Å². The van der Waals surface area contributed by atoms with Gasteiger partial charge in [0, 0.05) is 7.05 Å². The van der Waals surface area contributed by atoms with Gasteiger partial charge >= 0.3 is 0 Å². The van der Waals surface area contributed by atoms with Crippen LogP contribution in [0.5, 0.6) is 0 Å². The fraction of sp³-hybridized carbons (Fsp3) is 0.750. The zero-order chi connectivity index (χ0) is 10.1. The van der Waals surface area contributed by atoms with Gasteiger partial charge < -0.3 is 10.4 Å². The summed E-state index contributed by atoms with van der Waals surface area (Å²) in [6.45, 7) is 5.43. The number of aryl methyl sites for hydroxylation is 1. The highest BCUT2D eigenvalue weighted by atomic mass is 16.3. The summed E-state index contributed by atoms with van der Waals surface area (Å²) in [4.78, 5) is 0. The summed E-state index contributed by atoms with van der Waals surface area (Å²) < 4.78 is 1.63. The third kappa shape index (κ3) is 2.42. The molecular formula is C8H16N4O. The maximum atomic E-state index is 9.66. The Morgan fingerprint density at radius 1 is 1.62 bits per heavy atom. The van der Waals surface area contributed by atoms with E-state index in [2.05, 4.69) is 15.6 Å². The molecule has 0 saturated carbocycles. The molecule has 0 aliphatic rings. The highest BCUT2D eigenvalue weighted by Gasteiger charge is 2.22. The molecule has 0 spiro atoms. The Morgan fingerprint density at radius 3 is 2.62 bits per heavy atom. The minimum absolute atomic E-state index is 0.0512. The quantitative estimate of drug-likeness (QED) is 0.713. The van der Waals surface area contributed by atoms with Gasteiger partial charge in [0.05, 0.1) is 17.8 Å². The Kier molecular flexibility index (Phi) is 2.56. The third-order valence-electron chi connectivity index (χ3n) is 2.14. The number of aliphatic hydroxyl groups is 1. The summed E-state index contributed by atoms with van der Waals surface area (Å²) in [6, 6.07) is -0.0512. The van der Waals surface area contributed by atoms with E-state index < -0.39 is 5.60 Å². The van der Waals surface area contributed by atoms with Crippen LogP contribution in [0.4, 0.5) is 5.82 Å². The molecule has 0 bridgehead atoms. The van der Waals surface area contributed by atoms with E-state index in [1.807, 2.05) is 6.92 Å². The van der Waals surface area contributed by atoms with E-state index in [1.165, 1.54) is 0 Å². The lowest BCUT2D eigenvalue weighted by Crippen LogP contribution is -2.39. The van der Waals surface area contributed by atoms with E-state index in [9.17, 15) is 5.11 Å². The van der Waals surface area contributed by atoms with Crippen molar-refractivity contribution in [1.82, 2.24) is 15.0 Å². The molecule has 5 heteroatoms. The van der Waals surface area contributed by atoms with E-state index in [0.717, 1.165) is 5.82 Å². The van der Waals surface area contributed by atoms with Crippen LogP contribution in [0.15, 0.2) is 6.20 Å². The molecular weight excluding hydrogens is 168 g/mol. The molecule has 1 rings (SSSR count). The molecule has 1 atom stereocenters. The first kappa shape index (κ1) is 9.98. The van der Waals surface area contributed by atoms with Crippen LogP contribution in [0, 0.1) is 0 Å². The number of rotatable bonds is 3. The van der Waals surface area contributed by atoms with Gasteiger partial charge in [0.25, 0.3) is 0 Å². The van der Waals surface area contributed by atoms with E-state index >= 15 is 0 Å². The summed E-state index contributed by atoms with van der Waals surface area (Å²) >= 11 is 0. The minimum Gasteiger partial charge on any atom is -0.388 e. The van der Waals surface area contributed by atoms with Gasteiger partial charge in [-0.15, -0.1) is 5.10 Å². The summed E-state index contributed by atoms with van der Waals surface area (Å²) in [5.41, 5.74) is -0.760. The standard InChI is InChI=1S/C8H16N4O/c1-6(8(2,3)13)10-7-5-9-11-12(7)4/h5-6,10,13H,1-4H3. The highest BCUT2D eigenvalue weighted by molar-refractivity contribution is 5.32. The Bertz CT molecular complexity index is 276. The van der Waals surface area contributed by atoms with Crippen molar-refractivity contribution >= 4 is 5.82 Å². The zero-order valence-corrected chi connectivity index (χ0v) is 8.44. The number of nitrogens with zero attached hydrogens (tertiary/aromatic N) is 3. The van der Waals surface area contributed by atoms with E-state index in [4.69, 9.17) is 0 Å². The van der Waals surface area contributed by atoms with Crippen molar-refractivity contribution in [3.05, 3.63) is 6.20 Å². The largest absolute Gasteiger partial charge is 0.388 e. The zero-order valence-electron chi connectivity index (χ0n) is 8.44. The molecule has 1 heterocycles. The van der Waals surface area contributed by atoms with Crippen molar-refractivity contribution in [3.63, 3.8) is 0 Å². The summed E-state index contributed by atoms with van der Waals surface area (Å²) in [7, 11) is 1.80. The Morgan fingerprint density at radius 2 is 2.23 bits per heavy atom. The predicted octanol–water partition coefficient (Wildman–Crippen LogP) is 0.386. The molecule has 5 nitrogen and oxygen atoms in total. The van der Waals surface area contributed by atoms with Crippen LogP contribution < -0.4 is 5.32 Å². The van der Waals surface area contributed by atoms with Crippen LogP contribution in [-0.2, 0) is 7.05 Å². The fourth-order valence-corrected chi connectivity index (χ4v) is 0.819. The summed E-state index contributed by atoms with van der Waals surface area (Å²) in [5.74, 6) is 0.801. The molecule has 0 radical (unpaired) electrons. The molecule has 2 N–H and O–H groups in total. The first-order valence-corrected chi connectivity index (χ1v) is 4.25. The van der Waals surface area contributed by atoms with Crippen molar-refractivity contribution in [3.8, 4) is 0 Å². The first-order valence-electron chi connectivity index (χ1n) is 4.25. The smallest absolute Gasteiger partial charge is 0.144 e. The Labute approximate surface area is 77.8 Å². The monoisotopic (exact) mass is 184 g/mol. The van der Waals surface area contributed by atoms with Crippen LogP contribution in [0.2, 0.25) is 0 Å². The molecule has 1 aromatic rings. The molecule has 13 heavy (non-hydrogen) atoms. The van der Waals surface area contributed by atoms with Gasteiger partial charge in [-0.3, -0.25) is 0 Å². The maximum Gasteiger partial charge on any atom is 0.144 e. The second-order valence-corrected chi connectivity index (χ2v) is 3.76. The van der Waals surface area contributed by atoms with Gasteiger partial charge in [-0.2, -0.15) is 0 Å². The van der Waals surface area contributed by atoms with Gasteiger partial charge in [-0.05, 0) is 20.8 Å². The van der Waals surface area contributed by atoms with E-state index in [0.29, 0.717) is 0 Å². The third-order valence-corrected chi connectivity index (χ3v) is 2.14. The molecule has 0 fully saturated rings. The predicted molar refractivity (Wildman–Crippen MR) is 50.4 cm³/mol. The van der Waals surface area contributed by atoms with Gasteiger partial charge in [0.2, 0.25) is 0 Å². The normalized spacial score (nSPS) is 14.2. The van der Waals surface area contributed by atoms with Crippen molar-refractivity contribution in [1.29, 1.82) is 0 Å². The molecule has 74 valence electrons. The van der Waals surface area contributed by atoms with Crippen LogP contribution in [0.1, 0.15) is 20.8 Å². The average molecular weight is 184 g/mol. The van der Waals surface area contributed by atoms with Gasteiger partial charge in [0.1, 0.15) is 5.82 Å². The molecule has 0 amide bonds. The topological polar surface area (TPSA) is 63.0 Å². The Balaban J connectivity index is 2.65. The first-order chi connectivity index (χ1) is 5.91. The molecule has 0 aliphatic heterocycles. The lowest BCUT2D eigenvalue weighted by atomic mass is 10.0. The Hall–Kier alpha value is -1.10. The van der Waals surface area contributed by atoms with Crippen molar-refractivity contribution in [2.24, 2.45) is 7.05 Å². The number of anilines is 1. The summed E-state index contributed by atoms with van der Waals surface area (Å²) in [6.07, 6.45) is 1.63. The van der Waals surface area contributed by atoms with Gasteiger partial charge in [0.15, 0.2) is 0 Å². The lowest BCUT2D eigenvalue weighted by molar-refractivity contribution is 0.0647. The minimum atomic E-state index is -0.760. The van der Waals surface area contributed by atoms with Gasteiger partial charge in [-0.1, -0.05) is 5.21 Å². The molecule has 0 aliphatic carbocycles. The number of aromatic nitrogens is 3. The van der Waals surface area contributed by atoms with Crippen LogP contribution in [-0.4, -0.2) is 31.7 Å². The van der Waals surface area contributed by atoms with Gasteiger partial charge in [-0.25, -0.2) is 4.68 Å². The molecule has 0 saturated heterocycles. The number of nitrogens with one attached hydrogen (secondary N) is 1. The van der Waals surface area contributed by atoms with Crippen molar-refractivity contribution < 1.29 is 5.11 Å². The maximum absolute atomic E-state index is 9.66. The summed E-state index contributed by atoms with van der Waals surface area (Å²) in [5, 5.41) is 20.3. The number of hydrogen-bond donors (Lipinski definition) is 2. The fourth-order valence-electron chi connectivity index (χ4n) is 0.819. The second-order valence-electron chi connectivity index (χ2n) is 3.76. The highest BCUT2D eigenvalue weighted by Crippen LogP contribution is 2.13. The van der Waals surface area contributed by atoms with Crippen molar-refractivity contribution in [2.75, 3.05) is 5.32 Å².